The highest BCUT2D eigenvalue weighted by atomic mass is 32.2. The fourth-order valence-electron chi connectivity index (χ4n) is 1.97. The molecule has 2 heterocycles. The molecule has 0 amide bonds. The van der Waals surface area contributed by atoms with Crippen LogP contribution in [0.2, 0.25) is 0 Å². The number of hydrogen-bond donors (Lipinski definition) is 0. The second kappa shape index (κ2) is 6.72. The van der Waals surface area contributed by atoms with Gasteiger partial charge in [0.05, 0.1) is 11.3 Å². The minimum absolute atomic E-state index is 0.495. The highest BCUT2D eigenvalue weighted by Gasteiger charge is 2.13. The predicted octanol–water partition coefficient (Wildman–Crippen LogP) is 3.44. The minimum Gasteiger partial charge on any atom is -0.338 e. The van der Waals surface area contributed by atoms with Gasteiger partial charge in [0.2, 0.25) is 5.89 Å². The summed E-state index contributed by atoms with van der Waals surface area (Å²) < 4.78 is 5.23. The molecule has 0 saturated heterocycles. The van der Waals surface area contributed by atoms with Gasteiger partial charge < -0.3 is 4.52 Å². The Kier molecular flexibility index (Phi) is 4.97. The van der Waals surface area contributed by atoms with E-state index in [1.54, 1.807) is 0 Å². The van der Waals surface area contributed by atoms with E-state index in [0.29, 0.717) is 23.1 Å². The molecule has 110 valence electrons. The molecule has 0 atom stereocenters. The molecule has 0 aliphatic carbocycles. The molecule has 0 fully saturated rings. The molecule has 0 aliphatic rings. The Morgan fingerprint density at radius 2 is 2.10 bits per heavy atom. The fraction of sp³-hybridized carbons (Fsp3) is 0.467. The van der Waals surface area contributed by atoms with Crippen LogP contribution in [0.3, 0.4) is 0 Å². The van der Waals surface area contributed by atoms with Crippen LogP contribution in [-0.4, -0.2) is 15.1 Å². The van der Waals surface area contributed by atoms with E-state index in [9.17, 15) is 5.26 Å². The first kappa shape index (κ1) is 15.5. The van der Waals surface area contributed by atoms with Crippen LogP contribution >= 0.6 is 11.8 Å². The number of thioether (sulfide) groups is 1. The van der Waals surface area contributed by atoms with Gasteiger partial charge in [-0.1, -0.05) is 30.8 Å². The summed E-state index contributed by atoms with van der Waals surface area (Å²) >= 11 is 1.46. The number of aryl methyl sites for hydroxylation is 2. The van der Waals surface area contributed by atoms with Gasteiger partial charge in [-0.2, -0.15) is 10.2 Å². The quantitative estimate of drug-likeness (QED) is 0.787. The van der Waals surface area contributed by atoms with Crippen molar-refractivity contribution in [2.24, 2.45) is 5.92 Å². The lowest BCUT2D eigenvalue weighted by Gasteiger charge is -2.05. The van der Waals surface area contributed by atoms with Crippen molar-refractivity contribution in [3.05, 3.63) is 34.6 Å². The molecule has 2 rings (SSSR count). The van der Waals surface area contributed by atoms with Gasteiger partial charge in [0, 0.05) is 12.1 Å². The Morgan fingerprint density at radius 3 is 2.76 bits per heavy atom. The highest BCUT2D eigenvalue weighted by molar-refractivity contribution is 7.98. The lowest BCUT2D eigenvalue weighted by Crippen LogP contribution is -1.96. The molecule has 0 N–H and O–H groups in total. The average molecular weight is 302 g/mol. The topological polar surface area (TPSA) is 75.6 Å². The van der Waals surface area contributed by atoms with Crippen LogP contribution in [0.15, 0.2) is 15.6 Å². The van der Waals surface area contributed by atoms with Crippen molar-refractivity contribution in [2.75, 3.05) is 0 Å². The summed E-state index contributed by atoms with van der Waals surface area (Å²) in [5.74, 6) is 2.32. The number of pyridine rings is 1. The van der Waals surface area contributed by atoms with Gasteiger partial charge in [-0.25, -0.2) is 4.98 Å². The molecular formula is C15H18N4OS. The maximum absolute atomic E-state index is 9.24. The van der Waals surface area contributed by atoms with Gasteiger partial charge in [0.25, 0.3) is 0 Å². The Hall–Kier alpha value is -1.87. The summed E-state index contributed by atoms with van der Waals surface area (Å²) in [6.07, 6.45) is 0.805. The van der Waals surface area contributed by atoms with E-state index in [2.05, 4.69) is 35.0 Å². The molecule has 0 unspecified atom stereocenters. The number of rotatable bonds is 5. The van der Waals surface area contributed by atoms with E-state index < -0.39 is 0 Å². The molecule has 5 nitrogen and oxygen atoms in total. The zero-order chi connectivity index (χ0) is 15.4. The van der Waals surface area contributed by atoms with Crippen LogP contribution in [0.25, 0.3) is 0 Å². The largest absolute Gasteiger partial charge is 0.338 e. The van der Waals surface area contributed by atoms with Gasteiger partial charge in [0.1, 0.15) is 11.1 Å². The van der Waals surface area contributed by atoms with E-state index >= 15 is 0 Å². The molecule has 21 heavy (non-hydrogen) atoms. The van der Waals surface area contributed by atoms with E-state index in [0.717, 1.165) is 28.5 Å². The molecule has 6 heteroatoms. The summed E-state index contributed by atoms with van der Waals surface area (Å²) in [4.78, 5) is 8.78. The maximum Gasteiger partial charge on any atom is 0.237 e. The van der Waals surface area contributed by atoms with Crippen molar-refractivity contribution in [2.45, 2.75) is 44.9 Å². The number of nitrogens with zero attached hydrogens (tertiary/aromatic N) is 4. The Labute approximate surface area is 128 Å². The maximum atomic E-state index is 9.24. The number of aromatic nitrogens is 3. The highest BCUT2D eigenvalue weighted by Crippen LogP contribution is 2.26. The standard InChI is InChI=1S/C15H18N4OS/c1-9(2)5-13-18-14(20-19-13)8-21-15-12(7-16)10(3)6-11(4)17-15/h6,9H,5,8H2,1-4H3. The Balaban J connectivity index is 2.10. The molecule has 0 saturated carbocycles. The van der Waals surface area contributed by atoms with Gasteiger partial charge >= 0.3 is 0 Å². The summed E-state index contributed by atoms with van der Waals surface area (Å²) in [6.45, 7) is 8.07. The van der Waals surface area contributed by atoms with Crippen LogP contribution in [0.1, 0.15) is 42.4 Å². The SMILES string of the molecule is Cc1cc(C)c(C#N)c(SCc2nc(CC(C)C)no2)n1. The van der Waals surface area contributed by atoms with Crippen LogP contribution in [0.5, 0.6) is 0 Å². The monoisotopic (exact) mass is 302 g/mol. The van der Waals surface area contributed by atoms with E-state index in [4.69, 9.17) is 4.52 Å². The van der Waals surface area contributed by atoms with Crippen molar-refractivity contribution in [1.29, 1.82) is 5.26 Å². The first-order chi connectivity index (χ1) is 9.99. The van der Waals surface area contributed by atoms with Crippen LogP contribution < -0.4 is 0 Å². The van der Waals surface area contributed by atoms with Crippen molar-refractivity contribution < 1.29 is 4.52 Å². The van der Waals surface area contributed by atoms with Crippen LogP contribution in [0.4, 0.5) is 0 Å². The molecule has 0 aromatic carbocycles. The zero-order valence-electron chi connectivity index (χ0n) is 12.7. The van der Waals surface area contributed by atoms with E-state index in [1.165, 1.54) is 11.8 Å². The normalized spacial score (nSPS) is 10.9. The molecular weight excluding hydrogens is 284 g/mol. The smallest absolute Gasteiger partial charge is 0.237 e. The first-order valence-electron chi connectivity index (χ1n) is 6.82. The summed E-state index contributed by atoms with van der Waals surface area (Å²) in [6, 6.07) is 4.12. The number of nitriles is 1. The van der Waals surface area contributed by atoms with E-state index in [1.807, 2.05) is 19.9 Å². The summed E-state index contributed by atoms with van der Waals surface area (Å²) in [5.41, 5.74) is 2.46. The molecule has 2 aromatic rings. The summed E-state index contributed by atoms with van der Waals surface area (Å²) in [5, 5.41) is 13.9. The molecule has 0 bridgehead atoms. The predicted molar refractivity (Wildman–Crippen MR) is 80.8 cm³/mol. The lowest BCUT2D eigenvalue weighted by molar-refractivity contribution is 0.382. The first-order valence-corrected chi connectivity index (χ1v) is 7.80. The third kappa shape index (κ3) is 4.05. The molecule has 2 aromatic heterocycles. The Morgan fingerprint density at radius 1 is 1.33 bits per heavy atom. The zero-order valence-corrected chi connectivity index (χ0v) is 13.5. The minimum atomic E-state index is 0.495. The molecule has 0 aliphatic heterocycles. The second-order valence-electron chi connectivity index (χ2n) is 5.36. The Bertz CT molecular complexity index is 673. The van der Waals surface area contributed by atoms with Gasteiger partial charge in [-0.15, -0.1) is 0 Å². The number of hydrogen-bond acceptors (Lipinski definition) is 6. The van der Waals surface area contributed by atoms with Crippen LogP contribution in [0, 0.1) is 31.1 Å². The average Bonchev–Trinajstić information content (AvgIpc) is 2.82. The van der Waals surface area contributed by atoms with Crippen molar-refractivity contribution >= 4 is 11.8 Å². The third-order valence-corrected chi connectivity index (χ3v) is 3.82. The molecule has 0 spiro atoms. The van der Waals surface area contributed by atoms with E-state index in [-0.39, 0.29) is 0 Å². The van der Waals surface area contributed by atoms with Gasteiger partial charge in [-0.05, 0) is 31.4 Å². The van der Waals surface area contributed by atoms with Crippen molar-refractivity contribution in [3.63, 3.8) is 0 Å². The third-order valence-electron chi connectivity index (χ3n) is 2.86. The van der Waals surface area contributed by atoms with Crippen molar-refractivity contribution in [3.8, 4) is 6.07 Å². The second-order valence-corrected chi connectivity index (χ2v) is 6.33. The van der Waals surface area contributed by atoms with Crippen molar-refractivity contribution in [1.82, 2.24) is 15.1 Å². The van der Waals surface area contributed by atoms with Gasteiger partial charge in [0.15, 0.2) is 5.82 Å². The van der Waals surface area contributed by atoms with Crippen LogP contribution in [-0.2, 0) is 12.2 Å². The molecule has 0 radical (unpaired) electrons. The lowest BCUT2D eigenvalue weighted by atomic mass is 10.1. The van der Waals surface area contributed by atoms with Gasteiger partial charge in [-0.3, -0.25) is 0 Å². The summed E-state index contributed by atoms with van der Waals surface area (Å²) in [7, 11) is 0. The fourth-order valence-corrected chi connectivity index (χ4v) is 2.91.